The minimum absolute atomic E-state index is 0.146. The highest BCUT2D eigenvalue weighted by molar-refractivity contribution is 5.96. The van der Waals surface area contributed by atoms with Crippen molar-refractivity contribution >= 4 is 5.91 Å². The fourth-order valence-electron chi connectivity index (χ4n) is 2.51. The molecule has 0 spiro atoms. The van der Waals surface area contributed by atoms with Gasteiger partial charge in [0, 0.05) is 11.9 Å². The van der Waals surface area contributed by atoms with Crippen LogP contribution in [0.5, 0.6) is 0 Å². The number of benzene rings is 1. The molecule has 4 nitrogen and oxygen atoms in total. The van der Waals surface area contributed by atoms with E-state index in [0.717, 1.165) is 4.90 Å². The van der Waals surface area contributed by atoms with Crippen LogP contribution in [0.1, 0.15) is 15.9 Å². The molecule has 1 aliphatic heterocycles. The van der Waals surface area contributed by atoms with E-state index in [-0.39, 0.29) is 5.56 Å². The second kappa shape index (κ2) is 5.26. The molecule has 1 amide bonds. The van der Waals surface area contributed by atoms with Crippen LogP contribution in [0.15, 0.2) is 41.3 Å². The summed E-state index contributed by atoms with van der Waals surface area (Å²) in [6.07, 6.45) is 1.46. The van der Waals surface area contributed by atoms with Crippen molar-refractivity contribution in [3.8, 4) is 5.69 Å². The summed E-state index contributed by atoms with van der Waals surface area (Å²) in [6, 6.07) is 6.74. The second-order valence-electron chi connectivity index (χ2n) is 5.54. The number of pyridine rings is 1. The minimum Gasteiger partial charge on any atom is -0.326 e. The Bertz CT molecular complexity index is 820. The van der Waals surface area contributed by atoms with Gasteiger partial charge in [-0.3, -0.25) is 14.2 Å². The van der Waals surface area contributed by atoms with Gasteiger partial charge < -0.3 is 4.90 Å². The van der Waals surface area contributed by atoms with Crippen molar-refractivity contribution in [3.63, 3.8) is 0 Å². The first-order chi connectivity index (χ1) is 10.8. The molecule has 7 heteroatoms. The molecule has 0 unspecified atom stereocenters. The van der Waals surface area contributed by atoms with Gasteiger partial charge in [-0.05, 0) is 42.8 Å². The quantitative estimate of drug-likeness (QED) is 0.852. The summed E-state index contributed by atoms with van der Waals surface area (Å²) in [5.41, 5.74) is 0.0390. The Morgan fingerprint density at radius 2 is 1.74 bits per heavy atom. The fraction of sp³-hybridized carbons (Fsp3) is 0.250. The molecule has 0 radical (unpaired) electrons. The van der Waals surface area contributed by atoms with E-state index >= 15 is 0 Å². The lowest BCUT2D eigenvalue weighted by Gasteiger charge is -2.38. The highest BCUT2D eigenvalue weighted by atomic mass is 19.3. The number of alkyl halides is 2. The van der Waals surface area contributed by atoms with Crippen LogP contribution in [0.25, 0.3) is 5.69 Å². The van der Waals surface area contributed by atoms with E-state index in [2.05, 4.69) is 0 Å². The Balaban J connectivity index is 2.01. The third kappa shape index (κ3) is 2.74. The van der Waals surface area contributed by atoms with Crippen molar-refractivity contribution in [2.45, 2.75) is 12.8 Å². The van der Waals surface area contributed by atoms with E-state index in [4.69, 9.17) is 0 Å². The number of hydrogen-bond acceptors (Lipinski definition) is 2. The normalized spacial score (nSPS) is 16.1. The van der Waals surface area contributed by atoms with Gasteiger partial charge in [0.2, 0.25) is 0 Å². The Hall–Kier alpha value is -2.57. The highest BCUT2D eigenvalue weighted by Gasteiger charge is 2.47. The summed E-state index contributed by atoms with van der Waals surface area (Å²) in [7, 11) is 0. The molecule has 1 fully saturated rings. The third-order valence-corrected chi connectivity index (χ3v) is 3.75. The summed E-state index contributed by atoms with van der Waals surface area (Å²) in [4.78, 5) is 25.8. The van der Waals surface area contributed by atoms with Gasteiger partial charge in [-0.25, -0.2) is 13.2 Å². The SMILES string of the molecule is Cc1ccn(-c2ccc(F)cc2)c(=O)c1C(=O)N1CC(F)(F)C1. The third-order valence-electron chi connectivity index (χ3n) is 3.75. The van der Waals surface area contributed by atoms with Gasteiger partial charge in [0.1, 0.15) is 11.4 Å². The molecular weight excluding hydrogens is 309 g/mol. The maximum Gasteiger partial charge on any atom is 0.282 e. The first-order valence-electron chi connectivity index (χ1n) is 6.94. The fourth-order valence-corrected chi connectivity index (χ4v) is 2.51. The number of aromatic nitrogens is 1. The van der Waals surface area contributed by atoms with Crippen molar-refractivity contribution in [2.75, 3.05) is 13.1 Å². The average Bonchev–Trinajstić information content (AvgIpc) is 2.46. The zero-order valence-corrected chi connectivity index (χ0v) is 12.2. The van der Waals surface area contributed by atoms with Crippen LogP contribution in [-0.4, -0.2) is 34.4 Å². The standard InChI is InChI=1S/C16H13F3N2O2/c1-10-6-7-21(12-4-2-11(17)3-5-12)15(23)13(10)14(22)20-8-16(18,19)9-20/h2-7H,8-9H2,1H3. The number of carbonyl (C=O) groups is 1. The van der Waals surface area contributed by atoms with E-state index in [1.165, 1.54) is 35.0 Å². The lowest BCUT2D eigenvalue weighted by molar-refractivity contribution is -0.113. The van der Waals surface area contributed by atoms with Crippen molar-refractivity contribution in [1.82, 2.24) is 9.47 Å². The molecule has 0 bridgehead atoms. The van der Waals surface area contributed by atoms with E-state index in [1.54, 1.807) is 13.0 Å². The van der Waals surface area contributed by atoms with Crippen molar-refractivity contribution in [2.24, 2.45) is 0 Å². The minimum atomic E-state index is -2.89. The van der Waals surface area contributed by atoms with Gasteiger partial charge in [-0.1, -0.05) is 0 Å². The summed E-state index contributed by atoms with van der Waals surface area (Å²) in [6.45, 7) is 0.202. The predicted molar refractivity (Wildman–Crippen MR) is 77.6 cm³/mol. The number of likely N-dealkylation sites (tertiary alicyclic amines) is 1. The molecule has 2 heterocycles. The van der Waals surface area contributed by atoms with Crippen LogP contribution >= 0.6 is 0 Å². The predicted octanol–water partition coefficient (Wildman–Crippen LogP) is 2.38. The van der Waals surface area contributed by atoms with Crippen LogP contribution in [0.2, 0.25) is 0 Å². The first kappa shape index (κ1) is 15.3. The molecule has 3 rings (SSSR count). The molecule has 1 saturated heterocycles. The Kier molecular flexibility index (Phi) is 3.50. The number of hydrogen-bond donors (Lipinski definition) is 0. The molecular formula is C16H13F3N2O2. The van der Waals surface area contributed by atoms with Gasteiger partial charge >= 0.3 is 0 Å². The van der Waals surface area contributed by atoms with Crippen LogP contribution in [0, 0.1) is 12.7 Å². The lowest BCUT2D eigenvalue weighted by atomic mass is 10.1. The molecule has 0 N–H and O–H groups in total. The molecule has 0 aliphatic carbocycles. The summed E-state index contributed by atoms with van der Waals surface area (Å²) in [5.74, 6) is -4.06. The van der Waals surface area contributed by atoms with Gasteiger partial charge in [0.15, 0.2) is 0 Å². The largest absolute Gasteiger partial charge is 0.326 e. The summed E-state index contributed by atoms with van der Waals surface area (Å²) >= 11 is 0. The average molecular weight is 322 g/mol. The Morgan fingerprint density at radius 1 is 1.13 bits per heavy atom. The van der Waals surface area contributed by atoms with E-state index < -0.39 is 36.3 Å². The Labute approximate surface area is 129 Å². The molecule has 1 aromatic heterocycles. The molecule has 0 atom stereocenters. The molecule has 120 valence electrons. The maximum absolute atomic E-state index is 13.0. The van der Waals surface area contributed by atoms with Crippen LogP contribution in [0.3, 0.4) is 0 Å². The monoisotopic (exact) mass is 322 g/mol. The summed E-state index contributed by atoms with van der Waals surface area (Å²) < 4.78 is 40.0. The van der Waals surface area contributed by atoms with Crippen molar-refractivity contribution < 1.29 is 18.0 Å². The van der Waals surface area contributed by atoms with E-state index in [0.29, 0.717) is 11.3 Å². The van der Waals surface area contributed by atoms with Gasteiger partial charge in [0.05, 0.1) is 13.1 Å². The number of nitrogens with zero attached hydrogens (tertiary/aromatic N) is 2. The molecule has 1 aliphatic rings. The summed E-state index contributed by atoms with van der Waals surface area (Å²) in [5, 5.41) is 0. The smallest absolute Gasteiger partial charge is 0.282 e. The molecule has 1 aromatic carbocycles. The topological polar surface area (TPSA) is 42.3 Å². The number of halogens is 3. The van der Waals surface area contributed by atoms with Crippen LogP contribution in [-0.2, 0) is 0 Å². The van der Waals surface area contributed by atoms with Crippen molar-refractivity contribution in [1.29, 1.82) is 0 Å². The highest BCUT2D eigenvalue weighted by Crippen LogP contribution is 2.28. The zero-order valence-electron chi connectivity index (χ0n) is 12.2. The van der Waals surface area contributed by atoms with E-state index in [9.17, 15) is 22.8 Å². The molecule has 2 aromatic rings. The van der Waals surface area contributed by atoms with Crippen molar-refractivity contribution in [3.05, 3.63) is 63.8 Å². The Morgan fingerprint density at radius 3 is 2.30 bits per heavy atom. The van der Waals surface area contributed by atoms with Gasteiger partial charge in [-0.15, -0.1) is 0 Å². The van der Waals surface area contributed by atoms with Gasteiger partial charge in [0.25, 0.3) is 17.4 Å². The van der Waals surface area contributed by atoms with E-state index in [1.807, 2.05) is 0 Å². The van der Waals surface area contributed by atoms with Gasteiger partial charge in [-0.2, -0.15) is 0 Å². The number of amides is 1. The number of aryl methyl sites for hydroxylation is 1. The van der Waals surface area contributed by atoms with Crippen LogP contribution < -0.4 is 5.56 Å². The first-order valence-corrected chi connectivity index (χ1v) is 6.94. The van der Waals surface area contributed by atoms with Crippen LogP contribution in [0.4, 0.5) is 13.2 Å². The number of rotatable bonds is 2. The maximum atomic E-state index is 13.0. The lowest BCUT2D eigenvalue weighted by Crippen LogP contribution is -2.59. The number of carbonyl (C=O) groups excluding carboxylic acids is 1. The molecule has 0 saturated carbocycles. The second-order valence-corrected chi connectivity index (χ2v) is 5.54. The molecule has 23 heavy (non-hydrogen) atoms. The zero-order chi connectivity index (χ0) is 16.8.